The van der Waals surface area contributed by atoms with Gasteiger partial charge in [0.05, 0.1) is 6.04 Å². The molecule has 106 valence electrons. The lowest BCUT2D eigenvalue weighted by molar-refractivity contribution is -0.133. The maximum atomic E-state index is 12.2. The fourth-order valence-corrected chi connectivity index (χ4v) is 2.97. The summed E-state index contributed by atoms with van der Waals surface area (Å²) < 4.78 is 0. The van der Waals surface area contributed by atoms with Crippen LogP contribution in [-0.2, 0) is 4.79 Å². The van der Waals surface area contributed by atoms with Crippen molar-refractivity contribution in [2.24, 2.45) is 5.73 Å². The fraction of sp³-hybridized carbons (Fsp3) is 0.692. The van der Waals surface area contributed by atoms with Crippen LogP contribution in [-0.4, -0.2) is 48.0 Å². The molecule has 0 aliphatic carbocycles. The second kappa shape index (κ2) is 6.86. The van der Waals surface area contributed by atoms with E-state index in [-0.39, 0.29) is 11.9 Å². The molecule has 1 aromatic rings. The van der Waals surface area contributed by atoms with Gasteiger partial charge in [0, 0.05) is 37.8 Å². The lowest BCUT2D eigenvalue weighted by Gasteiger charge is -2.35. The average Bonchev–Trinajstić information content (AvgIpc) is 2.98. The van der Waals surface area contributed by atoms with Crippen LogP contribution >= 0.6 is 11.3 Å². The van der Waals surface area contributed by atoms with E-state index in [1.165, 1.54) is 0 Å². The zero-order valence-corrected chi connectivity index (χ0v) is 12.2. The third-order valence-electron chi connectivity index (χ3n) is 3.47. The molecule has 1 aliphatic heterocycles. The number of piperazine rings is 1. The molecule has 2 heterocycles. The third kappa shape index (κ3) is 3.67. The molecule has 1 fully saturated rings. The number of hydrogen-bond donors (Lipinski definition) is 1. The summed E-state index contributed by atoms with van der Waals surface area (Å²) >= 11 is 1.64. The van der Waals surface area contributed by atoms with Gasteiger partial charge in [-0.2, -0.15) is 0 Å². The highest BCUT2D eigenvalue weighted by molar-refractivity contribution is 7.13. The van der Waals surface area contributed by atoms with E-state index in [0.717, 1.165) is 50.6 Å². The minimum Gasteiger partial charge on any atom is -0.345 e. The summed E-state index contributed by atoms with van der Waals surface area (Å²) in [5.74, 6) is 0.104. The molecule has 0 aromatic carbocycles. The van der Waals surface area contributed by atoms with E-state index in [0.29, 0.717) is 0 Å². The number of amides is 1. The molecule has 5 nitrogen and oxygen atoms in total. The maximum Gasteiger partial charge on any atom is 0.239 e. The minimum absolute atomic E-state index is 0.104. The molecule has 2 N–H and O–H groups in total. The van der Waals surface area contributed by atoms with Crippen LogP contribution in [0.4, 0.5) is 5.13 Å². The van der Waals surface area contributed by atoms with Gasteiger partial charge in [-0.15, -0.1) is 11.3 Å². The van der Waals surface area contributed by atoms with Crippen LogP contribution in [0.1, 0.15) is 26.2 Å². The van der Waals surface area contributed by atoms with Crippen molar-refractivity contribution in [2.75, 3.05) is 31.1 Å². The van der Waals surface area contributed by atoms with E-state index in [1.54, 1.807) is 11.3 Å². The van der Waals surface area contributed by atoms with Crippen molar-refractivity contribution in [1.29, 1.82) is 0 Å². The highest BCUT2D eigenvalue weighted by Gasteiger charge is 2.25. The lowest BCUT2D eigenvalue weighted by Crippen LogP contribution is -2.53. The quantitative estimate of drug-likeness (QED) is 0.884. The first-order valence-electron chi connectivity index (χ1n) is 6.91. The van der Waals surface area contributed by atoms with Crippen molar-refractivity contribution in [2.45, 2.75) is 32.2 Å². The highest BCUT2D eigenvalue weighted by Crippen LogP contribution is 2.19. The number of unbranched alkanes of at least 4 members (excludes halogenated alkanes) is 1. The number of rotatable bonds is 5. The number of carbonyl (C=O) groups excluding carboxylic acids is 1. The molecule has 1 amide bonds. The second-order valence-electron chi connectivity index (χ2n) is 4.88. The molecule has 2 rings (SSSR count). The number of nitrogens with two attached hydrogens (primary N) is 1. The topological polar surface area (TPSA) is 62.5 Å². The highest BCUT2D eigenvalue weighted by atomic mass is 32.1. The number of anilines is 1. The smallest absolute Gasteiger partial charge is 0.239 e. The summed E-state index contributed by atoms with van der Waals surface area (Å²) in [6.07, 6.45) is 4.71. The first kappa shape index (κ1) is 14.3. The zero-order chi connectivity index (χ0) is 13.7. The van der Waals surface area contributed by atoms with Crippen molar-refractivity contribution < 1.29 is 4.79 Å². The average molecular weight is 282 g/mol. The number of nitrogens with zero attached hydrogens (tertiary/aromatic N) is 3. The Morgan fingerprint density at radius 3 is 2.79 bits per heavy atom. The molecule has 1 saturated heterocycles. The van der Waals surface area contributed by atoms with Gasteiger partial charge >= 0.3 is 0 Å². The molecule has 0 radical (unpaired) electrons. The van der Waals surface area contributed by atoms with Gasteiger partial charge in [0.25, 0.3) is 0 Å². The van der Waals surface area contributed by atoms with Gasteiger partial charge in [-0.3, -0.25) is 4.79 Å². The predicted octanol–water partition coefficient (Wildman–Crippen LogP) is 1.31. The van der Waals surface area contributed by atoms with Crippen molar-refractivity contribution in [3.05, 3.63) is 11.6 Å². The Morgan fingerprint density at radius 2 is 2.21 bits per heavy atom. The summed E-state index contributed by atoms with van der Waals surface area (Å²) in [6, 6.07) is -0.327. The summed E-state index contributed by atoms with van der Waals surface area (Å²) in [4.78, 5) is 20.6. The molecule has 1 atom stereocenters. The Balaban J connectivity index is 1.81. The molecule has 6 heteroatoms. The first-order valence-corrected chi connectivity index (χ1v) is 7.79. The fourth-order valence-electron chi connectivity index (χ4n) is 2.27. The third-order valence-corrected chi connectivity index (χ3v) is 4.30. The van der Waals surface area contributed by atoms with Gasteiger partial charge in [-0.25, -0.2) is 4.98 Å². The largest absolute Gasteiger partial charge is 0.345 e. The van der Waals surface area contributed by atoms with Crippen LogP contribution in [0.25, 0.3) is 0 Å². The van der Waals surface area contributed by atoms with E-state index in [1.807, 2.05) is 16.5 Å². The molecule has 0 spiro atoms. The second-order valence-corrected chi connectivity index (χ2v) is 5.75. The molecule has 1 aliphatic rings. The lowest BCUT2D eigenvalue weighted by atomic mass is 10.1. The SMILES string of the molecule is CCCC[C@H](N)C(=O)N1CCN(c2nccs2)CC1. The van der Waals surface area contributed by atoms with Crippen molar-refractivity contribution in [3.8, 4) is 0 Å². The minimum atomic E-state index is -0.327. The van der Waals surface area contributed by atoms with Gasteiger partial charge in [-0.1, -0.05) is 19.8 Å². The monoisotopic (exact) mass is 282 g/mol. The van der Waals surface area contributed by atoms with Gasteiger partial charge in [0.15, 0.2) is 5.13 Å². The summed E-state index contributed by atoms with van der Waals surface area (Å²) in [7, 11) is 0. The Morgan fingerprint density at radius 1 is 1.47 bits per heavy atom. The van der Waals surface area contributed by atoms with E-state index in [2.05, 4.69) is 16.8 Å². The summed E-state index contributed by atoms with van der Waals surface area (Å²) in [6.45, 7) is 5.31. The number of carbonyl (C=O) groups is 1. The zero-order valence-electron chi connectivity index (χ0n) is 11.4. The van der Waals surface area contributed by atoms with E-state index >= 15 is 0 Å². The van der Waals surface area contributed by atoms with Crippen LogP contribution in [0.5, 0.6) is 0 Å². The molecule has 19 heavy (non-hydrogen) atoms. The van der Waals surface area contributed by atoms with Gasteiger partial charge in [0.1, 0.15) is 0 Å². The number of thiazole rings is 1. The van der Waals surface area contributed by atoms with Crippen LogP contribution < -0.4 is 10.6 Å². The molecular weight excluding hydrogens is 260 g/mol. The van der Waals surface area contributed by atoms with Crippen molar-refractivity contribution in [3.63, 3.8) is 0 Å². The molecule has 0 bridgehead atoms. The van der Waals surface area contributed by atoms with Crippen molar-refractivity contribution >= 4 is 22.4 Å². The Labute approximate surface area is 118 Å². The first-order chi connectivity index (χ1) is 9.22. The molecule has 0 unspecified atom stereocenters. The van der Waals surface area contributed by atoms with Crippen molar-refractivity contribution in [1.82, 2.24) is 9.88 Å². The molecular formula is C13H22N4OS. The molecule has 1 aromatic heterocycles. The Kier molecular flexibility index (Phi) is 5.15. The maximum absolute atomic E-state index is 12.2. The van der Waals surface area contributed by atoms with E-state index in [9.17, 15) is 4.79 Å². The Hall–Kier alpha value is -1.14. The van der Waals surface area contributed by atoms with Crippen LogP contribution in [0.2, 0.25) is 0 Å². The van der Waals surface area contributed by atoms with E-state index < -0.39 is 0 Å². The normalized spacial score (nSPS) is 17.6. The summed E-state index contributed by atoms with van der Waals surface area (Å²) in [5, 5.41) is 3.02. The molecule has 0 saturated carbocycles. The number of aromatic nitrogens is 1. The Bertz CT molecular complexity index is 387. The van der Waals surface area contributed by atoms with Gasteiger partial charge < -0.3 is 15.5 Å². The van der Waals surface area contributed by atoms with Crippen LogP contribution in [0.3, 0.4) is 0 Å². The number of hydrogen-bond acceptors (Lipinski definition) is 5. The van der Waals surface area contributed by atoms with E-state index in [4.69, 9.17) is 5.73 Å². The van der Waals surface area contributed by atoms with Crippen LogP contribution in [0, 0.1) is 0 Å². The predicted molar refractivity (Wildman–Crippen MR) is 78.4 cm³/mol. The summed E-state index contributed by atoms with van der Waals surface area (Å²) in [5.41, 5.74) is 5.95. The van der Waals surface area contributed by atoms with Gasteiger partial charge in [-0.05, 0) is 6.42 Å². The standard InChI is InChI=1S/C13H22N4OS/c1-2-3-4-11(14)12(18)16-6-8-17(9-7-16)13-15-5-10-19-13/h5,10-11H,2-4,6-9,14H2,1H3/t11-/m0/s1. The van der Waals surface area contributed by atoms with Gasteiger partial charge in [0.2, 0.25) is 5.91 Å². The van der Waals surface area contributed by atoms with Crippen LogP contribution in [0.15, 0.2) is 11.6 Å².